The highest BCUT2D eigenvalue weighted by molar-refractivity contribution is 7.85. The Labute approximate surface area is 93.2 Å². The van der Waals surface area contributed by atoms with E-state index < -0.39 is 10.8 Å². The average Bonchev–Trinajstić information content (AvgIpc) is 2.30. The molecule has 0 spiro atoms. The number of hydrogen-bond donors (Lipinski definition) is 1. The Morgan fingerprint density at radius 1 is 1.27 bits per heavy atom. The molecule has 2 fully saturated rings. The Morgan fingerprint density at radius 3 is 2.73 bits per heavy atom. The van der Waals surface area contributed by atoms with Gasteiger partial charge in [0.25, 0.3) is 0 Å². The molecule has 1 atom stereocenters. The molecule has 2 aliphatic heterocycles. The number of nitrogens with one attached hydrogen (secondary N) is 1. The third-order valence-corrected chi connectivity index (χ3v) is 4.29. The summed E-state index contributed by atoms with van der Waals surface area (Å²) in [5.74, 6) is 1.69. The fourth-order valence-corrected chi connectivity index (χ4v) is 3.25. The Balaban J connectivity index is 1.62. The van der Waals surface area contributed by atoms with Crippen LogP contribution >= 0.6 is 0 Å². The zero-order chi connectivity index (χ0) is 10.5. The second-order valence-corrected chi connectivity index (χ2v) is 5.79. The predicted octanol–water partition coefficient (Wildman–Crippen LogP) is -0.0975. The molecule has 2 saturated heterocycles. The maximum atomic E-state index is 11.2. The molecule has 4 nitrogen and oxygen atoms in total. The second-order valence-electron chi connectivity index (χ2n) is 4.10. The summed E-state index contributed by atoms with van der Waals surface area (Å²) < 4.78 is 22.0. The molecule has 0 radical (unpaired) electrons. The molecule has 1 N–H and O–H groups in total. The lowest BCUT2D eigenvalue weighted by Gasteiger charge is -2.27. The van der Waals surface area contributed by atoms with Gasteiger partial charge in [0.05, 0.1) is 25.9 Å². The third-order valence-electron chi connectivity index (χ3n) is 2.91. The first-order valence-electron chi connectivity index (χ1n) is 5.62. The molecule has 2 rings (SSSR count). The summed E-state index contributed by atoms with van der Waals surface area (Å²) >= 11 is 0. The SMILES string of the molecule is O=S1CCC(NCC2COCCO2)CC1. The summed E-state index contributed by atoms with van der Waals surface area (Å²) in [6.45, 7) is 2.99. The van der Waals surface area contributed by atoms with Gasteiger partial charge in [-0.25, -0.2) is 0 Å². The average molecular weight is 233 g/mol. The van der Waals surface area contributed by atoms with Gasteiger partial charge in [-0.15, -0.1) is 0 Å². The highest BCUT2D eigenvalue weighted by Crippen LogP contribution is 2.09. The first kappa shape index (κ1) is 11.5. The summed E-state index contributed by atoms with van der Waals surface area (Å²) in [7, 11) is -0.565. The van der Waals surface area contributed by atoms with E-state index in [0.717, 1.165) is 37.5 Å². The van der Waals surface area contributed by atoms with Gasteiger partial charge in [0.15, 0.2) is 0 Å². The van der Waals surface area contributed by atoms with Crippen molar-refractivity contribution >= 4 is 10.8 Å². The second kappa shape index (κ2) is 5.94. The molecule has 2 aliphatic rings. The minimum Gasteiger partial charge on any atom is -0.376 e. The topological polar surface area (TPSA) is 47.6 Å². The van der Waals surface area contributed by atoms with E-state index in [2.05, 4.69) is 5.32 Å². The molecule has 0 aliphatic carbocycles. The lowest BCUT2D eigenvalue weighted by atomic mass is 10.1. The van der Waals surface area contributed by atoms with Crippen LogP contribution in [-0.2, 0) is 20.3 Å². The Hall–Kier alpha value is 0.0300. The van der Waals surface area contributed by atoms with Crippen molar-refractivity contribution in [1.29, 1.82) is 0 Å². The smallest absolute Gasteiger partial charge is 0.0933 e. The Bertz CT molecular complexity index is 209. The molecule has 1 unspecified atom stereocenters. The van der Waals surface area contributed by atoms with Gasteiger partial charge in [0.1, 0.15) is 0 Å². The van der Waals surface area contributed by atoms with Gasteiger partial charge in [-0.2, -0.15) is 0 Å². The molecule has 0 amide bonds. The maximum absolute atomic E-state index is 11.2. The molecule has 0 aromatic carbocycles. The standard InChI is InChI=1S/C10H19NO3S/c12-15-5-1-9(2-6-15)11-7-10-8-13-3-4-14-10/h9-11H,1-8H2. The van der Waals surface area contributed by atoms with Crippen LogP contribution in [0, 0.1) is 0 Å². The summed E-state index contributed by atoms with van der Waals surface area (Å²) in [5, 5.41) is 3.47. The van der Waals surface area contributed by atoms with E-state index in [1.54, 1.807) is 0 Å². The maximum Gasteiger partial charge on any atom is 0.0933 e. The fraction of sp³-hybridized carbons (Fsp3) is 1.00. The summed E-state index contributed by atoms with van der Waals surface area (Å²) in [6, 6.07) is 0.522. The van der Waals surface area contributed by atoms with Crippen LogP contribution in [0.4, 0.5) is 0 Å². The minimum absolute atomic E-state index is 0.200. The van der Waals surface area contributed by atoms with Gasteiger partial charge >= 0.3 is 0 Å². The lowest BCUT2D eigenvalue weighted by Crippen LogP contribution is -2.43. The van der Waals surface area contributed by atoms with Gasteiger partial charge < -0.3 is 14.8 Å². The van der Waals surface area contributed by atoms with Crippen LogP contribution in [0.15, 0.2) is 0 Å². The predicted molar refractivity (Wildman–Crippen MR) is 59.5 cm³/mol. The van der Waals surface area contributed by atoms with Crippen molar-refractivity contribution in [2.24, 2.45) is 0 Å². The largest absolute Gasteiger partial charge is 0.376 e. The first-order valence-corrected chi connectivity index (χ1v) is 7.11. The van der Waals surface area contributed by atoms with Crippen molar-refractivity contribution in [3.05, 3.63) is 0 Å². The minimum atomic E-state index is -0.565. The van der Waals surface area contributed by atoms with Crippen molar-refractivity contribution in [3.8, 4) is 0 Å². The van der Waals surface area contributed by atoms with E-state index in [-0.39, 0.29) is 6.10 Å². The summed E-state index contributed by atoms with van der Waals surface area (Å²) in [5.41, 5.74) is 0. The van der Waals surface area contributed by atoms with Gasteiger partial charge in [-0.05, 0) is 12.8 Å². The van der Waals surface area contributed by atoms with E-state index in [0.29, 0.717) is 19.3 Å². The van der Waals surface area contributed by atoms with Crippen molar-refractivity contribution in [2.45, 2.75) is 25.0 Å². The quantitative estimate of drug-likeness (QED) is 0.739. The molecule has 0 bridgehead atoms. The highest BCUT2D eigenvalue weighted by atomic mass is 32.2. The van der Waals surface area contributed by atoms with Crippen LogP contribution < -0.4 is 5.32 Å². The van der Waals surface area contributed by atoms with E-state index in [1.165, 1.54) is 0 Å². The van der Waals surface area contributed by atoms with Crippen molar-refractivity contribution < 1.29 is 13.7 Å². The van der Waals surface area contributed by atoms with E-state index in [1.807, 2.05) is 0 Å². The van der Waals surface area contributed by atoms with Crippen LogP contribution in [-0.4, -0.2) is 54.2 Å². The first-order chi connectivity index (χ1) is 7.34. The van der Waals surface area contributed by atoms with Crippen molar-refractivity contribution in [1.82, 2.24) is 5.32 Å². The number of rotatable bonds is 3. The monoisotopic (exact) mass is 233 g/mol. The molecular formula is C10H19NO3S. The molecule has 88 valence electrons. The Morgan fingerprint density at radius 2 is 2.07 bits per heavy atom. The molecule has 5 heteroatoms. The van der Waals surface area contributed by atoms with Gasteiger partial charge in [0.2, 0.25) is 0 Å². The fourth-order valence-electron chi connectivity index (χ4n) is 1.95. The molecular weight excluding hydrogens is 214 g/mol. The van der Waals surface area contributed by atoms with Crippen molar-refractivity contribution in [2.75, 3.05) is 37.9 Å². The molecule has 0 saturated carbocycles. The molecule has 15 heavy (non-hydrogen) atoms. The third kappa shape index (κ3) is 3.83. The molecule has 2 heterocycles. The van der Waals surface area contributed by atoms with Crippen LogP contribution in [0.5, 0.6) is 0 Å². The van der Waals surface area contributed by atoms with Crippen LogP contribution in [0.2, 0.25) is 0 Å². The Kier molecular flexibility index (Phi) is 4.56. The summed E-state index contributed by atoms with van der Waals surface area (Å²) in [6.07, 6.45) is 2.26. The van der Waals surface area contributed by atoms with Crippen molar-refractivity contribution in [3.63, 3.8) is 0 Å². The van der Waals surface area contributed by atoms with Crippen LogP contribution in [0.3, 0.4) is 0 Å². The van der Waals surface area contributed by atoms with Gasteiger partial charge in [-0.3, -0.25) is 4.21 Å². The van der Waals surface area contributed by atoms with Crippen LogP contribution in [0.1, 0.15) is 12.8 Å². The van der Waals surface area contributed by atoms with E-state index in [4.69, 9.17) is 9.47 Å². The van der Waals surface area contributed by atoms with E-state index >= 15 is 0 Å². The molecule has 0 aromatic rings. The van der Waals surface area contributed by atoms with E-state index in [9.17, 15) is 4.21 Å². The zero-order valence-corrected chi connectivity index (χ0v) is 9.76. The van der Waals surface area contributed by atoms with Crippen LogP contribution in [0.25, 0.3) is 0 Å². The van der Waals surface area contributed by atoms with Gasteiger partial charge in [-0.1, -0.05) is 0 Å². The summed E-state index contributed by atoms with van der Waals surface area (Å²) in [4.78, 5) is 0. The normalized spacial score (nSPS) is 37.7. The number of ether oxygens (including phenoxy) is 2. The molecule has 0 aromatic heterocycles. The number of hydrogen-bond acceptors (Lipinski definition) is 4. The highest BCUT2D eigenvalue weighted by Gasteiger charge is 2.20. The lowest BCUT2D eigenvalue weighted by molar-refractivity contribution is -0.0871. The van der Waals surface area contributed by atoms with Gasteiger partial charge in [0, 0.05) is 34.9 Å². The zero-order valence-electron chi connectivity index (χ0n) is 8.94.